The zero-order valence-corrected chi connectivity index (χ0v) is 17.5. The molecule has 0 aromatic heterocycles. The molecule has 2 aliphatic rings. The number of hydrogen-bond acceptors (Lipinski definition) is 5. The molecule has 3 rings (SSSR count). The minimum Gasteiger partial charge on any atom is -0.493 e. The zero-order valence-electron chi connectivity index (χ0n) is 16.7. The predicted octanol–water partition coefficient (Wildman–Crippen LogP) is 3.02. The van der Waals surface area contributed by atoms with Crippen molar-refractivity contribution in [3.8, 4) is 11.5 Å². The monoisotopic (exact) mass is 404 g/mol. The van der Waals surface area contributed by atoms with Crippen LogP contribution in [-0.4, -0.2) is 65.6 Å². The van der Waals surface area contributed by atoms with E-state index in [0.717, 1.165) is 31.5 Å². The normalized spacial score (nSPS) is 19.6. The van der Waals surface area contributed by atoms with Gasteiger partial charge in [0.1, 0.15) is 6.04 Å². The Morgan fingerprint density at radius 3 is 2.64 bits per heavy atom. The van der Waals surface area contributed by atoms with Crippen LogP contribution in [0.1, 0.15) is 32.3 Å². The number of thioether (sulfide) groups is 1. The molecule has 2 fully saturated rings. The van der Waals surface area contributed by atoms with Crippen molar-refractivity contribution < 1.29 is 19.1 Å². The highest BCUT2D eigenvalue weighted by Gasteiger charge is 2.36. The summed E-state index contributed by atoms with van der Waals surface area (Å²) in [5, 5.41) is 0. The van der Waals surface area contributed by atoms with Crippen molar-refractivity contribution >= 4 is 29.7 Å². The zero-order chi connectivity index (χ0) is 20.1. The lowest BCUT2D eigenvalue weighted by molar-refractivity contribution is -0.140. The molecule has 0 spiro atoms. The largest absolute Gasteiger partial charge is 0.493 e. The summed E-state index contributed by atoms with van der Waals surface area (Å²) in [5.74, 6) is 2.47. The molecule has 2 saturated heterocycles. The van der Waals surface area contributed by atoms with E-state index in [2.05, 4.69) is 0 Å². The summed E-state index contributed by atoms with van der Waals surface area (Å²) in [5.41, 5.74) is 0.843. The first-order valence-electron chi connectivity index (χ1n) is 9.69. The average molecular weight is 405 g/mol. The Balaban J connectivity index is 1.67. The molecule has 2 heterocycles. The molecule has 2 amide bonds. The van der Waals surface area contributed by atoms with E-state index in [1.54, 1.807) is 29.8 Å². The fraction of sp³-hybridized carbons (Fsp3) is 0.524. The van der Waals surface area contributed by atoms with Crippen LogP contribution in [0.5, 0.6) is 11.5 Å². The molecule has 7 heteroatoms. The minimum absolute atomic E-state index is 0.0506. The SMILES string of the molecule is COc1cc(C=CC(=O)N2CSCC2C(=O)N2CCCC2)ccc1OC(C)C. The Kier molecular flexibility index (Phi) is 6.88. The molecular weight excluding hydrogens is 376 g/mol. The minimum atomic E-state index is -0.350. The Morgan fingerprint density at radius 2 is 1.96 bits per heavy atom. The summed E-state index contributed by atoms with van der Waals surface area (Å²) in [6.45, 7) is 5.53. The summed E-state index contributed by atoms with van der Waals surface area (Å²) in [6.07, 6.45) is 5.45. The highest BCUT2D eigenvalue weighted by atomic mass is 32.2. The number of hydrogen-bond donors (Lipinski definition) is 0. The molecule has 0 radical (unpaired) electrons. The van der Waals surface area contributed by atoms with Gasteiger partial charge < -0.3 is 19.3 Å². The molecule has 2 aliphatic heterocycles. The number of likely N-dealkylation sites (tertiary alicyclic amines) is 1. The molecule has 1 aromatic rings. The van der Waals surface area contributed by atoms with Crippen molar-refractivity contribution in [2.24, 2.45) is 0 Å². The number of methoxy groups -OCH3 is 1. The molecule has 0 N–H and O–H groups in total. The summed E-state index contributed by atoms with van der Waals surface area (Å²) in [7, 11) is 1.59. The van der Waals surface area contributed by atoms with Crippen LogP contribution in [0, 0.1) is 0 Å². The lowest BCUT2D eigenvalue weighted by Gasteiger charge is -2.26. The Labute approximate surface area is 170 Å². The number of carbonyl (C=O) groups excluding carboxylic acids is 2. The van der Waals surface area contributed by atoms with E-state index in [9.17, 15) is 9.59 Å². The van der Waals surface area contributed by atoms with E-state index >= 15 is 0 Å². The second-order valence-corrected chi connectivity index (χ2v) is 8.27. The quantitative estimate of drug-likeness (QED) is 0.682. The maximum Gasteiger partial charge on any atom is 0.247 e. The third-order valence-corrected chi connectivity index (χ3v) is 5.85. The van der Waals surface area contributed by atoms with Gasteiger partial charge in [0.25, 0.3) is 0 Å². The van der Waals surface area contributed by atoms with Crippen LogP contribution in [0.2, 0.25) is 0 Å². The molecule has 152 valence electrons. The van der Waals surface area contributed by atoms with E-state index in [4.69, 9.17) is 9.47 Å². The van der Waals surface area contributed by atoms with Gasteiger partial charge in [-0.05, 0) is 50.5 Å². The topological polar surface area (TPSA) is 59.1 Å². The van der Waals surface area contributed by atoms with Gasteiger partial charge in [-0.25, -0.2) is 0 Å². The number of nitrogens with zero attached hydrogens (tertiary/aromatic N) is 2. The molecule has 0 aliphatic carbocycles. The molecule has 1 aromatic carbocycles. The highest BCUT2D eigenvalue weighted by Crippen LogP contribution is 2.30. The van der Waals surface area contributed by atoms with Crippen LogP contribution in [0.3, 0.4) is 0 Å². The Bertz CT molecular complexity index is 744. The molecule has 28 heavy (non-hydrogen) atoms. The van der Waals surface area contributed by atoms with Crippen molar-refractivity contribution in [2.75, 3.05) is 31.8 Å². The summed E-state index contributed by atoms with van der Waals surface area (Å²) in [4.78, 5) is 29.0. The second-order valence-electron chi connectivity index (χ2n) is 7.27. The number of carbonyl (C=O) groups is 2. The summed E-state index contributed by atoms with van der Waals surface area (Å²) >= 11 is 1.63. The number of rotatable bonds is 6. The van der Waals surface area contributed by atoms with Gasteiger partial charge in [0, 0.05) is 24.9 Å². The van der Waals surface area contributed by atoms with E-state index in [1.165, 1.54) is 6.08 Å². The molecule has 1 unspecified atom stereocenters. The van der Waals surface area contributed by atoms with Gasteiger partial charge in [0.15, 0.2) is 11.5 Å². The first-order chi connectivity index (χ1) is 13.5. The Morgan fingerprint density at radius 1 is 1.21 bits per heavy atom. The van der Waals surface area contributed by atoms with E-state index in [1.807, 2.05) is 36.9 Å². The fourth-order valence-electron chi connectivity index (χ4n) is 3.42. The predicted molar refractivity (Wildman–Crippen MR) is 112 cm³/mol. The lowest BCUT2D eigenvalue weighted by atomic mass is 10.1. The maximum absolute atomic E-state index is 12.7. The van der Waals surface area contributed by atoms with Gasteiger partial charge in [-0.3, -0.25) is 9.59 Å². The molecule has 6 nitrogen and oxygen atoms in total. The first-order valence-corrected chi connectivity index (χ1v) is 10.8. The van der Waals surface area contributed by atoms with Crippen LogP contribution in [0.4, 0.5) is 0 Å². The van der Waals surface area contributed by atoms with Crippen LogP contribution in [0.15, 0.2) is 24.3 Å². The first kappa shape index (κ1) is 20.6. The van der Waals surface area contributed by atoms with E-state index in [-0.39, 0.29) is 24.0 Å². The van der Waals surface area contributed by atoms with Gasteiger partial charge in [-0.2, -0.15) is 0 Å². The lowest BCUT2D eigenvalue weighted by Crippen LogP contribution is -2.47. The molecule has 0 saturated carbocycles. The van der Waals surface area contributed by atoms with Crippen molar-refractivity contribution in [2.45, 2.75) is 38.8 Å². The van der Waals surface area contributed by atoms with Crippen LogP contribution in [0.25, 0.3) is 6.08 Å². The summed E-state index contributed by atoms with van der Waals surface area (Å²) < 4.78 is 11.1. The Hall–Kier alpha value is -2.15. The number of amides is 2. The maximum atomic E-state index is 12.7. The molecular formula is C21H28N2O4S. The van der Waals surface area contributed by atoms with Crippen LogP contribution >= 0.6 is 11.8 Å². The average Bonchev–Trinajstić information content (AvgIpc) is 3.37. The third kappa shape index (κ3) is 4.82. The third-order valence-electron chi connectivity index (χ3n) is 4.84. The van der Waals surface area contributed by atoms with Crippen LogP contribution < -0.4 is 9.47 Å². The number of ether oxygens (including phenoxy) is 2. The molecule has 0 bridgehead atoms. The van der Waals surface area contributed by atoms with Crippen molar-refractivity contribution in [1.29, 1.82) is 0 Å². The fourth-order valence-corrected chi connectivity index (χ4v) is 4.57. The van der Waals surface area contributed by atoms with Gasteiger partial charge in [0.05, 0.1) is 19.1 Å². The molecule has 1 atom stereocenters. The summed E-state index contributed by atoms with van der Waals surface area (Å²) in [6, 6.07) is 5.22. The van der Waals surface area contributed by atoms with Gasteiger partial charge in [0.2, 0.25) is 11.8 Å². The van der Waals surface area contributed by atoms with Gasteiger partial charge in [-0.1, -0.05) is 6.07 Å². The van der Waals surface area contributed by atoms with E-state index in [0.29, 0.717) is 23.1 Å². The second kappa shape index (κ2) is 9.37. The standard InChI is InChI=1S/C21H28N2O4S/c1-15(2)27-18-8-6-16(12-19(18)26-3)7-9-20(24)23-14-28-13-17(23)21(25)22-10-4-5-11-22/h6-9,12,15,17H,4-5,10-11,13-14H2,1-3H3. The van der Waals surface area contributed by atoms with E-state index < -0.39 is 0 Å². The van der Waals surface area contributed by atoms with Crippen molar-refractivity contribution in [3.05, 3.63) is 29.8 Å². The van der Waals surface area contributed by atoms with Crippen LogP contribution in [-0.2, 0) is 9.59 Å². The van der Waals surface area contributed by atoms with Gasteiger partial charge in [-0.15, -0.1) is 11.8 Å². The van der Waals surface area contributed by atoms with Crippen molar-refractivity contribution in [1.82, 2.24) is 9.80 Å². The highest BCUT2D eigenvalue weighted by molar-refractivity contribution is 7.99. The van der Waals surface area contributed by atoms with Gasteiger partial charge >= 0.3 is 0 Å². The smallest absolute Gasteiger partial charge is 0.247 e. The number of benzene rings is 1. The van der Waals surface area contributed by atoms with Crippen molar-refractivity contribution in [3.63, 3.8) is 0 Å².